The van der Waals surface area contributed by atoms with Crippen LogP contribution in [0.25, 0.3) is 0 Å². The number of rotatable bonds is 10. The van der Waals surface area contributed by atoms with Crippen LogP contribution in [0.3, 0.4) is 0 Å². The zero-order valence-corrected chi connectivity index (χ0v) is 22.1. The van der Waals surface area contributed by atoms with Gasteiger partial charge in [0, 0.05) is 57.6 Å². The maximum Gasteiger partial charge on any atom is 0.219 e. The third kappa shape index (κ3) is 6.46. The number of methoxy groups -OCH3 is 1. The first-order valence-corrected chi connectivity index (χ1v) is 13.2. The first-order chi connectivity index (χ1) is 18.5. The summed E-state index contributed by atoms with van der Waals surface area (Å²) in [5, 5.41) is 0. The van der Waals surface area contributed by atoms with Gasteiger partial charge in [-0.2, -0.15) is 0 Å². The molecule has 3 heterocycles. The summed E-state index contributed by atoms with van der Waals surface area (Å²) in [6.07, 6.45) is 6.82. The quantitative estimate of drug-likeness (QED) is 0.406. The van der Waals surface area contributed by atoms with Gasteiger partial charge >= 0.3 is 0 Å². The molecular weight excluding hydrogens is 484 g/mol. The first kappa shape index (κ1) is 26.1. The van der Waals surface area contributed by atoms with Crippen LogP contribution in [0.5, 0.6) is 11.5 Å². The van der Waals surface area contributed by atoms with Crippen molar-refractivity contribution in [1.29, 1.82) is 0 Å². The molecule has 0 bridgehead atoms. The highest BCUT2D eigenvalue weighted by Crippen LogP contribution is 2.32. The molecule has 0 N–H and O–H groups in total. The Morgan fingerprint density at radius 1 is 1.05 bits per heavy atom. The van der Waals surface area contributed by atoms with Crippen LogP contribution in [0, 0.1) is 0 Å². The molecule has 2 aliphatic heterocycles. The summed E-state index contributed by atoms with van der Waals surface area (Å²) in [5.41, 5.74) is 2.34. The van der Waals surface area contributed by atoms with Crippen molar-refractivity contribution >= 4 is 11.6 Å². The SMILES string of the molecule is COc1ccc(CC[C@]2(Cn3ccnc3)OC[C@@H](COc3ccc(N4CCN(C(C)=O)CC4)cc3)O2)cc1. The predicted octanol–water partition coefficient (Wildman–Crippen LogP) is 3.38. The zero-order chi connectivity index (χ0) is 26.4. The number of aromatic nitrogens is 2. The van der Waals surface area contributed by atoms with Gasteiger partial charge in [0.15, 0.2) is 5.79 Å². The minimum Gasteiger partial charge on any atom is -0.497 e. The second kappa shape index (κ2) is 11.9. The van der Waals surface area contributed by atoms with Gasteiger partial charge in [0.25, 0.3) is 0 Å². The molecule has 1 aromatic heterocycles. The third-order valence-electron chi connectivity index (χ3n) is 7.21. The van der Waals surface area contributed by atoms with Crippen LogP contribution in [0.2, 0.25) is 0 Å². The van der Waals surface area contributed by atoms with Crippen LogP contribution in [0.15, 0.2) is 67.3 Å². The lowest BCUT2D eigenvalue weighted by Gasteiger charge is -2.35. The number of amides is 1. The molecule has 202 valence electrons. The number of aryl methyl sites for hydroxylation is 1. The molecule has 2 atom stereocenters. The molecule has 0 unspecified atom stereocenters. The Bertz CT molecular complexity index is 1160. The highest BCUT2D eigenvalue weighted by molar-refractivity contribution is 5.73. The lowest BCUT2D eigenvalue weighted by molar-refractivity contribution is -0.184. The van der Waals surface area contributed by atoms with Gasteiger partial charge in [-0.15, -0.1) is 0 Å². The topological polar surface area (TPSA) is 78.3 Å². The highest BCUT2D eigenvalue weighted by Gasteiger charge is 2.42. The third-order valence-corrected chi connectivity index (χ3v) is 7.21. The van der Waals surface area contributed by atoms with Crippen LogP contribution in [-0.4, -0.2) is 78.8 Å². The second-order valence-corrected chi connectivity index (χ2v) is 9.84. The number of nitrogens with zero attached hydrogens (tertiary/aromatic N) is 4. The summed E-state index contributed by atoms with van der Waals surface area (Å²) in [4.78, 5) is 19.9. The Hall–Kier alpha value is -3.56. The molecule has 1 amide bonds. The van der Waals surface area contributed by atoms with Crippen molar-refractivity contribution < 1.29 is 23.7 Å². The van der Waals surface area contributed by atoms with E-state index in [0.717, 1.165) is 49.8 Å². The second-order valence-electron chi connectivity index (χ2n) is 9.84. The van der Waals surface area contributed by atoms with E-state index in [2.05, 4.69) is 34.1 Å². The summed E-state index contributed by atoms with van der Waals surface area (Å²) in [5.74, 6) is 1.03. The van der Waals surface area contributed by atoms with Gasteiger partial charge in [-0.05, 0) is 48.4 Å². The van der Waals surface area contributed by atoms with E-state index >= 15 is 0 Å². The lowest BCUT2D eigenvalue weighted by Crippen LogP contribution is -2.48. The zero-order valence-electron chi connectivity index (χ0n) is 22.1. The maximum absolute atomic E-state index is 11.6. The predicted molar refractivity (Wildman–Crippen MR) is 144 cm³/mol. The summed E-state index contributed by atoms with van der Waals surface area (Å²) >= 11 is 0. The van der Waals surface area contributed by atoms with E-state index in [1.54, 1.807) is 26.6 Å². The Balaban J connectivity index is 1.15. The molecule has 0 saturated carbocycles. The summed E-state index contributed by atoms with van der Waals surface area (Å²) in [6.45, 7) is 6.25. The molecule has 38 heavy (non-hydrogen) atoms. The lowest BCUT2D eigenvalue weighted by atomic mass is 10.0. The fourth-order valence-corrected chi connectivity index (χ4v) is 5.00. The van der Waals surface area contributed by atoms with E-state index in [9.17, 15) is 4.79 Å². The van der Waals surface area contributed by atoms with Crippen molar-refractivity contribution in [3.63, 3.8) is 0 Å². The van der Waals surface area contributed by atoms with Gasteiger partial charge in [-0.25, -0.2) is 4.98 Å². The van der Waals surface area contributed by atoms with E-state index in [0.29, 0.717) is 26.2 Å². The average Bonchev–Trinajstić information content (AvgIpc) is 3.62. The number of anilines is 1. The van der Waals surface area contributed by atoms with Crippen LogP contribution in [0.4, 0.5) is 5.69 Å². The van der Waals surface area contributed by atoms with E-state index in [-0.39, 0.29) is 12.0 Å². The van der Waals surface area contributed by atoms with Gasteiger partial charge in [0.1, 0.15) is 24.2 Å². The van der Waals surface area contributed by atoms with Crippen molar-refractivity contribution in [2.75, 3.05) is 51.4 Å². The molecule has 5 rings (SSSR count). The average molecular weight is 521 g/mol. The van der Waals surface area contributed by atoms with Crippen molar-refractivity contribution in [3.8, 4) is 11.5 Å². The Morgan fingerprint density at radius 3 is 2.45 bits per heavy atom. The Morgan fingerprint density at radius 2 is 1.79 bits per heavy atom. The summed E-state index contributed by atoms with van der Waals surface area (Å²) in [7, 11) is 1.67. The molecule has 9 nitrogen and oxygen atoms in total. The number of carbonyl (C=O) groups excluding carboxylic acids is 1. The minimum atomic E-state index is -0.749. The normalized spacial score (nSPS) is 21.5. The number of hydrogen-bond donors (Lipinski definition) is 0. The number of benzene rings is 2. The molecule has 3 aromatic rings. The van der Waals surface area contributed by atoms with Crippen LogP contribution < -0.4 is 14.4 Å². The van der Waals surface area contributed by atoms with E-state index in [1.807, 2.05) is 39.9 Å². The summed E-state index contributed by atoms with van der Waals surface area (Å²) in [6, 6.07) is 16.2. The monoisotopic (exact) mass is 520 g/mol. The van der Waals surface area contributed by atoms with Crippen molar-refractivity contribution in [3.05, 3.63) is 72.8 Å². The van der Waals surface area contributed by atoms with Crippen molar-refractivity contribution in [1.82, 2.24) is 14.5 Å². The van der Waals surface area contributed by atoms with Crippen LogP contribution in [-0.2, 0) is 27.2 Å². The standard InChI is InChI=1S/C29H36N4O5/c1-23(34)32-15-17-33(18-16-32)25-5-9-27(10-6-25)36-19-28-20-37-29(38-28,21-31-14-13-30-22-31)12-11-24-3-7-26(35-2)8-4-24/h3-10,13-14,22,28H,11-12,15-21H2,1-2H3/t28-,29+/m1/s1. The molecule has 0 aliphatic carbocycles. The molecule has 2 saturated heterocycles. The van der Waals surface area contributed by atoms with Gasteiger partial charge in [-0.1, -0.05) is 12.1 Å². The van der Waals surface area contributed by atoms with Gasteiger partial charge in [0.05, 0.1) is 26.6 Å². The number of carbonyl (C=O) groups is 1. The molecule has 2 aliphatic rings. The smallest absolute Gasteiger partial charge is 0.219 e. The van der Waals surface area contributed by atoms with Gasteiger partial charge in [-0.3, -0.25) is 4.79 Å². The number of hydrogen-bond acceptors (Lipinski definition) is 7. The fourth-order valence-electron chi connectivity index (χ4n) is 5.00. The molecule has 9 heteroatoms. The molecular formula is C29H36N4O5. The number of piperazine rings is 1. The number of ether oxygens (including phenoxy) is 4. The highest BCUT2D eigenvalue weighted by atomic mass is 16.8. The fraction of sp³-hybridized carbons (Fsp3) is 0.448. The van der Waals surface area contributed by atoms with Crippen LogP contribution >= 0.6 is 0 Å². The van der Waals surface area contributed by atoms with Crippen molar-refractivity contribution in [2.24, 2.45) is 0 Å². The van der Waals surface area contributed by atoms with E-state index in [4.69, 9.17) is 18.9 Å². The first-order valence-electron chi connectivity index (χ1n) is 13.2. The molecule has 2 aromatic carbocycles. The Kier molecular flexibility index (Phi) is 8.14. The van der Waals surface area contributed by atoms with Gasteiger partial charge < -0.3 is 33.3 Å². The minimum absolute atomic E-state index is 0.140. The molecule has 0 spiro atoms. The number of imidazole rings is 1. The van der Waals surface area contributed by atoms with E-state index < -0.39 is 5.79 Å². The largest absolute Gasteiger partial charge is 0.497 e. The molecule has 2 fully saturated rings. The Labute approximate surface area is 223 Å². The van der Waals surface area contributed by atoms with Gasteiger partial charge in [0.2, 0.25) is 5.91 Å². The summed E-state index contributed by atoms with van der Waals surface area (Å²) < 4.78 is 26.1. The van der Waals surface area contributed by atoms with E-state index in [1.165, 1.54) is 5.56 Å². The molecule has 0 radical (unpaired) electrons. The van der Waals surface area contributed by atoms with Crippen LogP contribution in [0.1, 0.15) is 18.9 Å². The van der Waals surface area contributed by atoms with Crippen molar-refractivity contribution in [2.45, 2.75) is 38.2 Å². The maximum atomic E-state index is 11.6.